The van der Waals surface area contributed by atoms with Gasteiger partial charge in [-0.05, 0) is 42.7 Å². The summed E-state index contributed by atoms with van der Waals surface area (Å²) in [6.45, 7) is 6.43. The number of aryl methyl sites for hydroxylation is 1. The van der Waals surface area contributed by atoms with E-state index in [1.165, 1.54) is 17.7 Å². The van der Waals surface area contributed by atoms with Gasteiger partial charge in [0.15, 0.2) is 0 Å². The SMILES string of the molecule is CC1CCc2[nH]c(=O)c(C(C)C)cc2C1. The average molecular weight is 205 g/mol. The molecule has 2 nitrogen and oxygen atoms in total. The molecule has 82 valence electrons. The number of aromatic nitrogens is 1. The van der Waals surface area contributed by atoms with Crippen LogP contribution in [0.2, 0.25) is 0 Å². The van der Waals surface area contributed by atoms with Crippen LogP contribution in [0.4, 0.5) is 0 Å². The quantitative estimate of drug-likeness (QED) is 0.751. The Labute approximate surface area is 90.7 Å². The highest BCUT2D eigenvalue weighted by Gasteiger charge is 2.18. The van der Waals surface area contributed by atoms with Crippen LogP contribution in [0, 0.1) is 5.92 Å². The van der Waals surface area contributed by atoms with Gasteiger partial charge in [-0.2, -0.15) is 0 Å². The number of rotatable bonds is 1. The van der Waals surface area contributed by atoms with Crippen molar-refractivity contribution in [2.45, 2.75) is 46.0 Å². The molecule has 0 radical (unpaired) electrons. The largest absolute Gasteiger partial charge is 0.326 e. The molecule has 1 aliphatic carbocycles. The summed E-state index contributed by atoms with van der Waals surface area (Å²) in [6.07, 6.45) is 3.35. The van der Waals surface area contributed by atoms with Crippen molar-refractivity contribution in [3.63, 3.8) is 0 Å². The van der Waals surface area contributed by atoms with Gasteiger partial charge in [-0.1, -0.05) is 20.8 Å². The molecule has 0 bridgehead atoms. The summed E-state index contributed by atoms with van der Waals surface area (Å²) < 4.78 is 0. The Morgan fingerprint density at radius 1 is 1.47 bits per heavy atom. The molecule has 1 heterocycles. The number of hydrogen-bond acceptors (Lipinski definition) is 1. The van der Waals surface area contributed by atoms with Crippen LogP contribution in [-0.4, -0.2) is 4.98 Å². The van der Waals surface area contributed by atoms with Crippen molar-refractivity contribution < 1.29 is 0 Å². The van der Waals surface area contributed by atoms with E-state index in [-0.39, 0.29) is 5.56 Å². The lowest BCUT2D eigenvalue weighted by molar-refractivity contribution is 0.492. The van der Waals surface area contributed by atoms with Crippen molar-refractivity contribution in [1.82, 2.24) is 4.98 Å². The molecule has 15 heavy (non-hydrogen) atoms. The molecule has 1 unspecified atom stereocenters. The molecular formula is C13H19NO. The molecule has 1 aromatic heterocycles. The Kier molecular flexibility index (Phi) is 2.68. The third kappa shape index (κ3) is 1.99. The monoisotopic (exact) mass is 205 g/mol. The van der Waals surface area contributed by atoms with Gasteiger partial charge in [0.25, 0.3) is 5.56 Å². The molecule has 0 saturated heterocycles. The molecule has 2 rings (SSSR count). The van der Waals surface area contributed by atoms with Gasteiger partial charge in [0.05, 0.1) is 0 Å². The maximum absolute atomic E-state index is 11.8. The molecule has 0 aliphatic heterocycles. The van der Waals surface area contributed by atoms with Gasteiger partial charge in [-0.3, -0.25) is 4.79 Å². The fourth-order valence-corrected chi connectivity index (χ4v) is 2.33. The zero-order valence-corrected chi connectivity index (χ0v) is 9.76. The van der Waals surface area contributed by atoms with Gasteiger partial charge >= 0.3 is 0 Å². The molecule has 0 amide bonds. The van der Waals surface area contributed by atoms with Crippen molar-refractivity contribution in [1.29, 1.82) is 0 Å². The first kappa shape index (κ1) is 10.5. The standard InChI is InChI=1S/C13H19NO/c1-8(2)11-7-10-6-9(3)4-5-12(10)14-13(11)15/h7-9H,4-6H2,1-3H3,(H,14,15). The lowest BCUT2D eigenvalue weighted by Gasteiger charge is -2.22. The maximum Gasteiger partial charge on any atom is 0.251 e. The normalized spacial score (nSPS) is 20.4. The lowest BCUT2D eigenvalue weighted by atomic mass is 9.86. The van der Waals surface area contributed by atoms with Gasteiger partial charge in [0.2, 0.25) is 0 Å². The smallest absolute Gasteiger partial charge is 0.251 e. The van der Waals surface area contributed by atoms with Crippen molar-refractivity contribution in [3.05, 3.63) is 33.2 Å². The fourth-order valence-electron chi connectivity index (χ4n) is 2.33. The third-order valence-corrected chi connectivity index (χ3v) is 3.32. The van der Waals surface area contributed by atoms with E-state index in [2.05, 4.69) is 31.8 Å². The highest BCUT2D eigenvalue weighted by molar-refractivity contribution is 5.29. The van der Waals surface area contributed by atoms with Gasteiger partial charge in [-0.15, -0.1) is 0 Å². The van der Waals surface area contributed by atoms with E-state index in [4.69, 9.17) is 0 Å². The van der Waals surface area contributed by atoms with Crippen LogP contribution in [0.25, 0.3) is 0 Å². The summed E-state index contributed by atoms with van der Waals surface area (Å²) >= 11 is 0. The summed E-state index contributed by atoms with van der Waals surface area (Å²) in [5.41, 5.74) is 3.57. The molecule has 0 spiro atoms. The molecule has 0 saturated carbocycles. The second-order valence-corrected chi connectivity index (χ2v) is 5.06. The van der Waals surface area contributed by atoms with E-state index in [9.17, 15) is 4.79 Å². The van der Waals surface area contributed by atoms with E-state index in [0.29, 0.717) is 5.92 Å². The van der Waals surface area contributed by atoms with Crippen LogP contribution in [0.15, 0.2) is 10.9 Å². The minimum Gasteiger partial charge on any atom is -0.326 e. The van der Waals surface area contributed by atoms with Gasteiger partial charge in [0.1, 0.15) is 0 Å². The summed E-state index contributed by atoms with van der Waals surface area (Å²) in [4.78, 5) is 14.8. The minimum atomic E-state index is 0.110. The Morgan fingerprint density at radius 2 is 2.20 bits per heavy atom. The number of nitrogens with one attached hydrogen (secondary N) is 1. The Morgan fingerprint density at radius 3 is 2.87 bits per heavy atom. The lowest BCUT2D eigenvalue weighted by Crippen LogP contribution is -2.22. The predicted molar refractivity (Wildman–Crippen MR) is 62.3 cm³/mol. The van der Waals surface area contributed by atoms with Crippen molar-refractivity contribution in [2.75, 3.05) is 0 Å². The number of pyridine rings is 1. The highest BCUT2D eigenvalue weighted by Crippen LogP contribution is 2.24. The van der Waals surface area contributed by atoms with Crippen molar-refractivity contribution in [3.8, 4) is 0 Å². The van der Waals surface area contributed by atoms with Gasteiger partial charge in [0, 0.05) is 11.3 Å². The zero-order valence-electron chi connectivity index (χ0n) is 9.76. The first-order valence-electron chi connectivity index (χ1n) is 5.83. The second kappa shape index (κ2) is 3.84. The fraction of sp³-hybridized carbons (Fsp3) is 0.615. The third-order valence-electron chi connectivity index (χ3n) is 3.32. The highest BCUT2D eigenvalue weighted by atomic mass is 16.1. The molecule has 1 aromatic rings. The van der Waals surface area contributed by atoms with Crippen LogP contribution in [0.5, 0.6) is 0 Å². The maximum atomic E-state index is 11.8. The van der Waals surface area contributed by atoms with E-state index < -0.39 is 0 Å². The van der Waals surface area contributed by atoms with Crippen LogP contribution >= 0.6 is 0 Å². The van der Waals surface area contributed by atoms with E-state index in [1.54, 1.807) is 0 Å². The minimum absolute atomic E-state index is 0.110. The summed E-state index contributed by atoms with van der Waals surface area (Å²) in [5.74, 6) is 1.07. The second-order valence-electron chi connectivity index (χ2n) is 5.06. The van der Waals surface area contributed by atoms with E-state index in [0.717, 1.165) is 24.3 Å². The Balaban J connectivity index is 2.47. The predicted octanol–water partition coefficient (Wildman–Crippen LogP) is 2.62. The van der Waals surface area contributed by atoms with Gasteiger partial charge < -0.3 is 4.98 Å². The van der Waals surface area contributed by atoms with E-state index in [1.807, 2.05) is 0 Å². The summed E-state index contributed by atoms with van der Waals surface area (Å²) in [6, 6.07) is 2.12. The Hall–Kier alpha value is -1.05. The van der Waals surface area contributed by atoms with Crippen LogP contribution in [-0.2, 0) is 12.8 Å². The number of H-pyrrole nitrogens is 1. The summed E-state index contributed by atoms with van der Waals surface area (Å²) in [5, 5.41) is 0. The molecule has 2 heteroatoms. The van der Waals surface area contributed by atoms with Crippen molar-refractivity contribution in [2.24, 2.45) is 5.92 Å². The molecule has 0 aromatic carbocycles. The number of fused-ring (bicyclic) bond motifs is 1. The van der Waals surface area contributed by atoms with Crippen molar-refractivity contribution >= 4 is 0 Å². The van der Waals surface area contributed by atoms with Crippen LogP contribution in [0.1, 0.15) is 49.9 Å². The van der Waals surface area contributed by atoms with Crippen LogP contribution in [0.3, 0.4) is 0 Å². The zero-order chi connectivity index (χ0) is 11.0. The van der Waals surface area contributed by atoms with Crippen LogP contribution < -0.4 is 5.56 Å². The first-order valence-corrected chi connectivity index (χ1v) is 5.83. The van der Waals surface area contributed by atoms with E-state index >= 15 is 0 Å². The first-order chi connectivity index (χ1) is 7.08. The Bertz CT molecular complexity index is 417. The number of hydrogen-bond donors (Lipinski definition) is 1. The topological polar surface area (TPSA) is 32.9 Å². The molecule has 1 N–H and O–H groups in total. The molecule has 1 aliphatic rings. The molecule has 1 atom stereocenters. The van der Waals surface area contributed by atoms with Gasteiger partial charge in [-0.25, -0.2) is 0 Å². The molecular weight excluding hydrogens is 186 g/mol. The number of aromatic amines is 1. The molecule has 0 fully saturated rings. The average Bonchev–Trinajstić information content (AvgIpc) is 2.17. The summed E-state index contributed by atoms with van der Waals surface area (Å²) in [7, 11) is 0.